The molecule has 1 aromatic carbocycles. The van der Waals surface area contributed by atoms with Crippen LogP contribution in [0.1, 0.15) is 5.69 Å². The Morgan fingerprint density at radius 1 is 1.28 bits per heavy atom. The van der Waals surface area contributed by atoms with Crippen molar-refractivity contribution in [2.45, 2.75) is 12.2 Å². The predicted octanol–water partition coefficient (Wildman–Crippen LogP) is 1.16. The molecule has 2 heterocycles. The smallest absolute Gasteiger partial charge is 0.316 e. The molecule has 0 aliphatic carbocycles. The summed E-state index contributed by atoms with van der Waals surface area (Å²) in [6.45, 7) is 0. The zero-order chi connectivity index (χ0) is 18.0. The molecule has 9 heteroatoms. The van der Waals surface area contributed by atoms with Gasteiger partial charge in [0, 0.05) is 31.0 Å². The van der Waals surface area contributed by atoms with Crippen LogP contribution in [0.25, 0.3) is 0 Å². The number of hydrogen-bond acceptors (Lipinski definition) is 5. The van der Waals surface area contributed by atoms with Crippen LogP contribution in [-0.4, -0.2) is 47.2 Å². The van der Waals surface area contributed by atoms with Crippen LogP contribution in [0.2, 0.25) is 5.02 Å². The van der Waals surface area contributed by atoms with Crippen LogP contribution in [0.5, 0.6) is 0 Å². The minimum absolute atomic E-state index is 0.414. The molecule has 2 atom stereocenters. The van der Waals surface area contributed by atoms with Gasteiger partial charge in [-0.3, -0.25) is 4.68 Å². The van der Waals surface area contributed by atoms with Crippen molar-refractivity contribution in [3.05, 3.63) is 47.2 Å². The Kier molecular flexibility index (Phi) is 4.71. The molecule has 2 amide bonds. The fourth-order valence-corrected chi connectivity index (χ4v) is 2.82. The van der Waals surface area contributed by atoms with E-state index in [2.05, 4.69) is 20.7 Å². The van der Waals surface area contributed by atoms with Crippen molar-refractivity contribution >= 4 is 35.4 Å². The number of benzene rings is 1. The molecule has 1 aromatic heterocycles. The monoisotopic (exact) mass is 360 g/mol. The number of carbonyl (C=O) groups is 2. The maximum Gasteiger partial charge on any atom is 0.316 e. The van der Waals surface area contributed by atoms with Crippen LogP contribution < -0.4 is 15.5 Å². The van der Waals surface area contributed by atoms with Crippen molar-refractivity contribution in [1.29, 1.82) is 0 Å². The quantitative estimate of drug-likeness (QED) is 0.800. The van der Waals surface area contributed by atoms with Crippen molar-refractivity contribution < 1.29 is 9.59 Å². The SMILES string of the molecule is CNC(=O)NC1N=C(c2ccnn2C)N(c2ccc(Cl)cc2)C1C=O. The van der Waals surface area contributed by atoms with E-state index >= 15 is 0 Å². The van der Waals surface area contributed by atoms with Crippen LogP contribution in [0.15, 0.2) is 41.5 Å². The number of amides is 2. The van der Waals surface area contributed by atoms with Crippen molar-refractivity contribution in [3.8, 4) is 0 Å². The second-order valence-electron chi connectivity index (χ2n) is 5.43. The molecule has 0 spiro atoms. The largest absolute Gasteiger partial charge is 0.341 e. The first-order valence-electron chi connectivity index (χ1n) is 7.59. The van der Waals surface area contributed by atoms with Gasteiger partial charge in [-0.1, -0.05) is 11.6 Å². The van der Waals surface area contributed by atoms with Crippen LogP contribution in [0.4, 0.5) is 10.5 Å². The molecule has 2 unspecified atom stereocenters. The molecular weight excluding hydrogens is 344 g/mol. The highest BCUT2D eigenvalue weighted by Crippen LogP contribution is 2.28. The molecule has 1 aliphatic rings. The van der Waals surface area contributed by atoms with Crippen molar-refractivity contribution in [2.24, 2.45) is 12.0 Å². The average molecular weight is 361 g/mol. The summed E-state index contributed by atoms with van der Waals surface area (Å²) in [6.07, 6.45) is 1.69. The lowest BCUT2D eigenvalue weighted by Gasteiger charge is -2.26. The summed E-state index contributed by atoms with van der Waals surface area (Å²) in [4.78, 5) is 29.8. The third-order valence-electron chi connectivity index (χ3n) is 3.91. The van der Waals surface area contributed by atoms with E-state index in [1.54, 1.807) is 53.2 Å². The highest BCUT2D eigenvalue weighted by Gasteiger charge is 2.39. The van der Waals surface area contributed by atoms with Gasteiger partial charge in [-0.05, 0) is 30.3 Å². The summed E-state index contributed by atoms with van der Waals surface area (Å²) in [5.74, 6) is 0.542. The topological polar surface area (TPSA) is 91.6 Å². The Balaban J connectivity index is 2.06. The Bertz CT molecular complexity index is 816. The van der Waals surface area contributed by atoms with Gasteiger partial charge in [-0.2, -0.15) is 5.10 Å². The number of halogens is 1. The van der Waals surface area contributed by atoms with Crippen molar-refractivity contribution in [3.63, 3.8) is 0 Å². The van der Waals surface area contributed by atoms with E-state index in [1.165, 1.54) is 7.05 Å². The molecule has 130 valence electrons. The first kappa shape index (κ1) is 17.0. The van der Waals surface area contributed by atoms with Gasteiger partial charge < -0.3 is 20.3 Å². The van der Waals surface area contributed by atoms with E-state index in [0.29, 0.717) is 10.9 Å². The Labute approximate surface area is 149 Å². The van der Waals surface area contributed by atoms with Crippen molar-refractivity contribution in [2.75, 3.05) is 11.9 Å². The lowest BCUT2D eigenvalue weighted by molar-refractivity contribution is -0.109. The third kappa shape index (κ3) is 3.20. The number of nitrogens with one attached hydrogen (secondary N) is 2. The Morgan fingerprint density at radius 2 is 2.00 bits per heavy atom. The standard InChI is InChI=1S/C16H17ClN6O2/c1-18-16(25)21-14-13(9-24)23(11-5-3-10(17)4-6-11)15(20-14)12-7-8-19-22(12)2/h3-9,13-14H,1-2H3,(H2,18,21,25). The van der Waals surface area contributed by atoms with E-state index < -0.39 is 18.2 Å². The molecule has 0 radical (unpaired) electrons. The van der Waals surface area contributed by atoms with E-state index in [4.69, 9.17) is 11.6 Å². The summed E-state index contributed by atoms with van der Waals surface area (Å²) >= 11 is 5.97. The number of aldehydes is 1. The normalized spacial score (nSPS) is 19.5. The fraction of sp³-hybridized carbons (Fsp3) is 0.250. The Morgan fingerprint density at radius 3 is 2.56 bits per heavy atom. The molecule has 2 aromatic rings. The lowest BCUT2D eigenvalue weighted by atomic mass is 10.2. The minimum atomic E-state index is -0.724. The number of aliphatic imine (C=N–C) groups is 1. The molecule has 0 saturated carbocycles. The number of urea groups is 1. The number of rotatable bonds is 4. The predicted molar refractivity (Wildman–Crippen MR) is 94.9 cm³/mol. The third-order valence-corrected chi connectivity index (χ3v) is 4.16. The van der Waals surface area contributed by atoms with Gasteiger partial charge in [-0.15, -0.1) is 0 Å². The van der Waals surface area contributed by atoms with Gasteiger partial charge in [0.25, 0.3) is 0 Å². The zero-order valence-electron chi connectivity index (χ0n) is 13.7. The zero-order valence-corrected chi connectivity index (χ0v) is 14.4. The fourth-order valence-electron chi connectivity index (χ4n) is 2.69. The number of aromatic nitrogens is 2. The maximum absolute atomic E-state index is 11.8. The van der Waals surface area contributed by atoms with Gasteiger partial charge in [0.15, 0.2) is 12.0 Å². The molecular formula is C16H17ClN6O2. The highest BCUT2D eigenvalue weighted by atomic mass is 35.5. The molecule has 8 nitrogen and oxygen atoms in total. The lowest BCUT2D eigenvalue weighted by Crippen LogP contribution is -2.50. The van der Waals surface area contributed by atoms with Crippen LogP contribution in [-0.2, 0) is 11.8 Å². The second-order valence-corrected chi connectivity index (χ2v) is 5.87. The molecule has 1 aliphatic heterocycles. The average Bonchev–Trinajstić information content (AvgIpc) is 3.18. The number of hydrogen-bond donors (Lipinski definition) is 2. The molecule has 0 saturated heterocycles. The summed E-state index contributed by atoms with van der Waals surface area (Å²) in [5, 5.41) is 9.90. The molecule has 2 N–H and O–H groups in total. The van der Waals surface area contributed by atoms with E-state index in [-0.39, 0.29) is 0 Å². The summed E-state index contributed by atoms with van der Waals surface area (Å²) < 4.78 is 1.66. The number of nitrogens with zero attached hydrogens (tertiary/aromatic N) is 4. The number of carbonyl (C=O) groups excluding carboxylic acids is 2. The van der Waals surface area contributed by atoms with E-state index in [1.807, 2.05) is 0 Å². The number of aryl methyl sites for hydroxylation is 1. The Hall–Kier alpha value is -2.87. The van der Waals surface area contributed by atoms with Crippen LogP contribution in [0.3, 0.4) is 0 Å². The van der Waals surface area contributed by atoms with Gasteiger partial charge in [0.05, 0.1) is 0 Å². The highest BCUT2D eigenvalue weighted by molar-refractivity contribution is 6.30. The van der Waals surface area contributed by atoms with Gasteiger partial charge in [-0.25, -0.2) is 9.79 Å². The van der Waals surface area contributed by atoms with Gasteiger partial charge >= 0.3 is 6.03 Å². The number of anilines is 1. The number of amidine groups is 1. The summed E-state index contributed by atoms with van der Waals surface area (Å²) in [5.41, 5.74) is 1.46. The van der Waals surface area contributed by atoms with E-state index in [0.717, 1.165) is 17.7 Å². The molecule has 3 rings (SSSR count). The molecule has 0 bridgehead atoms. The first-order valence-corrected chi connectivity index (χ1v) is 7.97. The van der Waals surface area contributed by atoms with Gasteiger partial charge in [0.2, 0.25) is 0 Å². The first-order chi connectivity index (χ1) is 12.0. The van der Waals surface area contributed by atoms with Crippen molar-refractivity contribution in [1.82, 2.24) is 20.4 Å². The van der Waals surface area contributed by atoms with Gasteiger partial charge in [0.1, 0.15) is 18.0 Å². The molecule has 25 heavy (non-hydrogen) atoms. The molecule has 0 fully saturated rings. The minimum Gasteiger partial charge on any atom is -0.341 e. The summed E-state index contributed by atoms with van der Waals surface area (Å²) in [6, 6.07) is 7.76. The van der Waals surface area contributed by atoms with E-state index in [9.17, 15) is 9.59 Å². The van der Waals surface area contributed by atoms with Crippen LogP contribution >= 0.6 is 11.6 Å². The second kappa shape index (κ2) is 6.94. The maximum atomic E-state index is 11.8. The van der Waals surface area contributed by atoms with Crippen LogP contribution in [0, 0.1) is 0 Å². The summed E-state index contributed by atoms with van der Waals surface area (Å²) in [7, 11) is 3.29.